The lowest BCUT2D eigenvalue weighted by Crippen LogP contribution is -2.21. The normalized spacial score (nSPS) is 14.5. The van der Waals surface area contributed by atoms with Gasteiger partial charge in [0, 0.05) is 16.1 Å². The van der Waals surface area contributed by atoms with Crippen LogP contribution in [0.25, 0.3) is 0 Å². The molecule has 0 bridgehead atoms. The summed E-state index contributed by atoms with van der Waals surface area (Å²) in [6.07, 6.45) is 3.26. The summed E-state index contributed by atoms with van der Waals surface area (Å²) in [5.74, 6) is 0.628. The molecular weight excluding hydrogens is 508 g/mol. The van der Waals surface area contributed by atoms with Crippen molar-refractivity contribution in [1.29, 1.82) is 5.26 Å². The number of unbranched alkanes of at least 4 members (excludes halogenated alkanes) is 2. The molecular formula is C28H25BrN2O4. The minimum absolute atomic E-state index is 0.0333. The van der Waals surface area contributed by atoms with E-state index < -0.39 is 5.97 Å². The summed E-state index contributed by atoms with van der Waals surface area (Å²) >= 11 is 3.44. The number of carbonyl (C=O) groups is 1. The lowest BCUT2D eigenvalue weighted by Gasteiger charge is -2.26. The Bertz CT molecular complexity index is 1280. The summed E-state index contributed by atoms with van der Waals surface area (Å²) in [4.78, 5) is 12.7. The Kier molecular flexibility index (Phi) is 7.74. The molecule has 1 heterocycles. The van der Waals surface area contributed by atoms with Crippen LogP contribution in [0.5, 0.6) is 17.2 Å². The molecule has 0 aliphatic carbocycles. The van der Waals surface area contributed by atoms with Crippen molar-refractivity contribution < 1.29 is 19.0 Å². The summed E-state index contributed by atoms with van der Waals surface area (Å²) in [6.45, 7) is 2.80. The first-order valence-electron chi connectivity index (χ1n) is 11.4. The van der Waals surface area contributed by atoms with E-state index in [-0.39, 0.29) is 11.8 Å². The average molecular weight is 533 g/mol. The molecule has 6 nitrogen and oxygen atoms in total. The fourth-order valence-electron chi connectivity index (χ4n) is 3.89. The molecule has 4 rings (SSSR count). The van der Waals surface area contributed by atoms with Crippen molar-refractivity contribution in [3.63, 3.8) is 0 Å². The second-order valence-electron chi connectivity index (χ2n) is 8.15. The fraction of sp³-hybridized carbons (Fsp3) is 0.214. The molecule has 0 saturated carbocycles. The summed E-state index contributed by atoms with van der Waals surface area (Å²) in [5.41, 5.74) is 8.48. The molecule has 0 spiro atoms. The first kappa shape index (κ1) is 24.4. The molecule has 0 saturated heterocycles. The van der Waals surface area contributed by atoms with Gasteiger partial charge in [-0.2, -0.15) is 5.26 Å². The Morgan fingerprint density at radius 1 is 1.06 bits per heavy atom. The molecule has 7 heteroatoms. The van der Waals surface area contributed by atoms with E-state index in [1.807, 2.05) is 24.3 Å². The third-order valence-electron chi connectivity index (χ3n) is 5.71. The standard InChI is InChI=1S/C28H25BrN2O4/c1-2-3-4-15-33-21-11-7-19(8-12-21)28(32)34-22-13-14-23-25(16-22)35-27(31)24(17-30)26(23)18-5-9-20(29)10-6-18/h5-14,16,26H,2-4,15,31H2,1H3. The number of carbonyl (C=O) groups excluding carboxylic acids is 1. The van der Waals surface area contributed by atoms with Crippen LogP contribution >= 0.6 is 15.9 Å². The molecule has 2 N–H and O–H groups in total. The maximum Gasteiger partial charge on any atom is 0.343 e. The third kappa shape index (κ3) is 5.67. The van der Waals surface area contributed by atoms with Crippen molar-refractivity contribution in [3.8, 4) is 23.3 Å². The lowest BCUT2D eigenvalue weighted by atomic mass is 9.83. The Labute approximate surface area is 213 Å². The summed E-state index contributed by atoms with van der Waals surface area (Å²) < 4.78 is 17.9. The molecule has 1 aliphatic heterocycles. The van der Waals surface area contributed by atoms with E-state index >= 15 is 0 Å². The van der Waals surface area contributed by atoms with Gasteiger partial charge in [0.25, 0.3) is 0 Å². The monoisotopic (exact) mass is 532 g/mol. The Morgan fingerprint density at radius 2 is 1.77 bits per heavy atom. The van der Waals surface area contributed by atoms with Crippen molar-refractivity contribution in [1.82, 2.24) is 0 Å². The molecule has 0 amide bonds. The number of rotatable bonds is 8. The van der Waals surface area contributed by atoms with Crippen LogP contribution in [0.3, 0.4) is 0 Å². The van der Waals surface area contributed by atoms with E-state index in [1.165, 1.54) is 0 Å². The number of nitrogens with two attached hydrogens (primary N) is 1. The second kappa shape index (κ2) is 11.1. The number of fused-ring (bicyclic) bond motifs is 1. The Balaban J connectivity index is 1.51. The number of nitriles is 1. The zero-order valence-corrected chi connectivity index (χ0v) is 20.9. The van der Waals surface area contributed by atoms with Gasteiger partial charge in [-0.15, -0.1) is 0 Å². The number of allylic oxidation sites excluding steroid dienone is 1. The van der Waals surface area contributed by atoms with Gasteiger partial charge in [-0.3, -0.25) is 0 Å². The highest BCUT2D eigenvalue weighted by molar-refractivity contribution is 9.10. The van der Waals surface area contributed by atoms with E-state index in [0.717, 1.165) is 40.6 Å². The van der Waals surface area contributed by atoms with Gasteiger partial charge in [0.1, 0.15) is 28.9 Å². The SMILES string of the molecule is CCCCCOc1ccc(C(=O)Oc2ccc3c(c2)OC(N)=C(C#N)C3c2ccc(Br)cc2)cc1. The van der Waals surface area contributed by atoms with E-state index in [2.05, 4.69) is 28.9 Å². The maximum atomic E-state index is 12.7. The molecule has 0 fully saturated rings. The van der Waals surface area contributed by atoms with E-state index in [9.17, 15) is 10.1 Å². The zero-order chi connectivity index (χ0) is 24.8. The van der Waals surface area contributed by atoms with Crippen molar-refractivity contribution in [2.75, 3.05) is 6.61 Å². The summed E-state index contributed by atoms with van der Waals surface area (Å²) in [6, 6.07) is 21.8. The Morgan fingerprint density at radius 3 is 2.46 bits per heavy atom. The minimum atomic E-state index is -0.496. The number of hydrogen-bond donors (Lipinski definition) is 1. The average Bonchev–Trinajstić information content (AvgIpc) is 2.86. The van der Waals surface area contributed by atoms with Gasteiger partial charge in [0.2, 0.25) is 5.88 Å². The summed E-state index contributed by atoms with van der Waals surface area (Å²) in [5, 5.41) is 9.71. The topological polar surface area (TPSA) is 94.6 Å². The molecule has 3 aromatic rings. The number of esters is 1. The third-order valence-corrected chi connectivity index (χ3v) is 6.24. The van der Waals surface area contributed by atoms with E-state index in [1.54, 1.807) is 42.5 Å². The van der Waals surface area contributed by atoms with Crippen molar-refractivity contribution in [2.45, 2.75) is 32.1 Å². The fourth-order valence-corrected chi connectivity index (χ4v) is 4.16. The predicted molar refractivity (Wildman–Crippen MR) is 136 cm³/mol. The van der Waals surface area contributed by atoms with Crippen molar-refractivity contribution in [3.05, 3.63) is 99.3 Å². The van der Waals surface area contributed by atoms with Crippen LogP contribution in [-0.2, 0) is 0 Å². The van der Waals surface area contributed by atoms with Gasteiger partial charge in [0.05, 0.1) is 18.1 Å². The van der Waals surface area contributed by atoms with Crippen LogP contribution < -0.4 is 19.9 Å². The van der Waals surface area contributed by atoms with E-state index in [0.29, 0.717) is 29.2 Å². The highest BCUT2D eigenvalue weighted by atomic mass is 79.9. The van der Waals surface area contributed by atoms with Gasteiger partial charge in [-0.05, 0) is 54.4 Å². The van der Waals surface area contributed by atoms with Crippen LogP contribution in [0, 0.1) is 11.3 Å². The quantitative estimate of drug-likeness (QED) is 0.203. The zero-order valence-electron chi connectivity index (χ0n) is 19.3. The molecule has 1 atom stereocenters. The van der Waals surface area contributed by atoms with Gasteiger partial charge >= 0.3 is 5.97 Å². The first-order valence-corrected chi connectivity index (χ1v) is 12.2. The molecule has 1 aliphatic rings. The van der Waals surface area contributed by atoms with Crippen molar-refractivity contribution >= 4 is 21.9 Å². The largest absolute Gasteiger partial charge is 0.494 e. The lowest BCUT2D eigenvalue weighted by molar-refractivity contribution is 0.0734. The highest BCUT2D eigenvalue weighted by Gasteiger charge is 2.31. The highest BCUT2D eigenvalue weighted by Crippen LogP contribution is 2.43. The van der Waals surface area contributed by atoms with Gasteiger partial charge in [-0.1, -0.05) is 53.9 Å². The van der Waals surface area contributed by atoms with Gasteiger partial charge in [-0.25, -0.2) is 4.79 Å². The number of ether oxygens (including phenoxy) is 3. The van der Waals surface area contributed by atoms with Crippen LogP contribution in [0.15, 0.2) is 82.7 Å². The first-order chi connectivity index (χ1) is 17.0. The summed E-state index contributed by atoms with van der Waals surface area (Å²) in [7, 11) is 0. The number of nitrogens with zero attached hydrogens (tertiary/aromatic N) is 1. The molecule has 3 aromatic carbocycles. The molecule has 178 valence electrons. The molecule has 35 heavy (non-hydrogen) atoms. The van der Waals surface area contributed by atoms with Crippen LogP contribution in [-0.4, -0.2) is 12.6 Å². The Hall–Kier alpha value is -3.76. The van der Waals surface area contributed by atoms with Crippen LogP contribution in [0.2, 0.25) is 0 Å². The number of benzene rings is 3. The van der Waals surface area contributed by atoms with Gasteiger partial charge < -0.3 is 19.9 Å². The minimum Gasteiger partial charge on any atom is -0.494 e. The predicted octanol–water partition coefficient (Wildman–Crippen LogP) is 6.46. The second-order valence-corrected chi connectivity index (χ2v) is 9.06. The van der Waals surface area contributed by atoms with E-state index in [4.69, 9.17) is 19.9 Å². The van der Waals surface area contributed by atoms with Crippen molar-refractivity contribution in [2.24, 2.45) is 5.73 Å². The van der Waals surface area contributed by atoms with Crippen LogP contribution in [0.4, 0.5) is 0 Å². The number of halogens is 1. The molecule has 0 aromatic heterocycles. The smallest absolute Gasteiger partial charge is 0.343 e. The maximum absolute atomic E-state index is 12.7. The molecule has 0 radical (unpaired) electrons. The van der Waals surface area contributed by atoms with Crippen LogP contribution in [0.1, 0.15) is 53.6 Å². The molecule has 1 unspecified atom stereocenters. The number of hydrogen-bond acceptors (Lipinski definition) is 6. The van der Waals surface area contributed by atoms with Gasteiger partial charge in [0.15, 0.2) is 0 Å².